The molecule has 18 heavy (non-hydrogen) atoms. The predicted octanol–water partition coefficient (Wildman–Crippen LogP) is 2.44. The smallest absolute Gasteiger partial charge is 0.165 e. The zero-order chi connectivity index (χ0) is 13.7. The number of ether oxygens (including phenoxy) is 1. The van der Waals surface area contributed by atoms with Gasteiger partial charge in [-0.05, 0) is 31.8 Å². The molecule has 0 heterocycles. The number of benzene rings is 1. The Morgan fingerprint density at radius 3 is 2.44 bits per heavy atom. The van der Waals surface area contributed by atoms with Crippen molar-refractivity contribution in [2.75, 3.05) is 27.7 Å². The SMILES string of the molecule is COc1ccc(C(CNC(C)C)N(C)C)cc1F. The Morgan fingerprint density at radius 2 is 2.00 bits per heavy atom. The predicted molar refractivity (Wildman–Crippen MR) is 72.5 cm³/mol. The second-order valence-corrected chi connectivity index (χ2v) is 4.94. The second kappa shape index (κ2) is 6.71. The molecule has 1 rings (SSSR count). The average Bonchev–Trinajstić information content (AvgIpc) is 2.28. The Balaban J connectivity index is 2.88. The van der Waals surface area contributed by atoms with Crippen LogP contribution in [0.4, 0.5) is 4.39 Å². The largest absolute Gasteiger partial charge is 0.494 e. The molecule has 0 aromatic heterocycles. The van der Waals surface area contributed by atoms with Crippen LogP contribution in [0.3, 0.4) is 0 Å². The molecule has 0 aliphatic heterocycles. The average molecular weight is 254 g/mol. The molecule has 0 saturated carbocycles. The van der Waals surface area contributed by atoms with Crippen molar-refractivity contribution < 1.29 is 9.13 Å². The molecule has 4 heteroatoms. The highest BCUT2D eigenvalue weighted by molar-refractivity contribution is 5.31. The van der Waals surface area contributed by atoms with E-state index in [4.69, 9.17) is 4.74 Å². The van der Waals surface area contributed by atoms with E-state index >= 15 is 0 Å². The second-order valence-electron chi connectivity index (χ2n) is 4.94. The number of halogens is 1. The van der Waals surface area contributed by atoms with Crippen LogP contribution in [0, 0.1) is 5.82 Å². The Bertz CT molecular complexity index is 380. The highest BCUT2D eigenvalue weighted by Gasteiger charge is 2.16. The molecule has 102 valence electrons. The van der Waals surface area contributed by atoms with Gasteiger partial charge in [-0.1, -0.05) is 19.9 Å². The molecule has 0 aliphatic rings. The molecule has 1 aromatic carbocycles. The number of hydrogen-bond donors (Lipinski definition) is 1. The minimum atomic E-state index is -0.314. The third kappa shape index (κ3) is 3.96. The molecule has 0 radical (unpaired) electrons. The van der Waals surface area contributed by atoms with Crippen LogP contribution in [0.5, 0.6) is 5.75 Å². The van der Waals surface area contributed by atoms with Gasteiger partial charge in [0.2, 0.25) is 0 Å². The van der Waals surface area contributed by atoms with Gasteiger partial charge in [0.15, 0.2) is 11.6 Å². The van der Waals surface area contributed by atoms with E-state index in [1.165, 1.54) is 7.11 Å². The number of nitrogens with one attached hydrogen (secondary N) is 1. The molecule has 1 aromatic rings. The number of nitrogens with zero attached hydrogens (tertiary/aromatic N) is 1. The Hall–Kier alpha value is -1.13. The van der Waals surface area contributed by atoms with Gasteiger partial charge in [-0.3, -0.25) is 0 Å². The lowest BCUT2D eigenvalue weighted by atomic mass is 10.1. The van der Waals surface area contributed by atoms with Crippen LogP contribution in [0.1, 0.15) is 25.5 Å². The number of hydrogen-bond acceptors (Lipinski definition) is 3. The molecule has 3 nitrogen and oxygen atoms in total. The van der Waals surface area contributed by atoms with Crippen molar-refractivity contribution in [2.45, 2.75) is 25.9 Å². The van der Waals surface area contributed by atoms with Crippen LogP contribution in [0.25, 0.3) is 0 Å². The van der Waals surface area contributed by atoms with E-state index in [1.807, 2.05) is 20.2 Å². The van der Waals surface area contributed by atoms with Gasteiger partial charge in [0.25, 0.3) is 0 Å². The van der Waals surface area contributed by atoms with Gasteiger partial charge in [0, 0.05) is 18.6 Å². The van der Waals surface area contributed by atoms with Crippen molar-refractivity contribution in [1.82, 2.24) is 10.2 Å². The van der Waals surface area contributed by atoms with Crippen molar-refractivity contribution in [1.29, 1.82) is 0 Å². The van der Waals surface area contributed by atoms with E-state index in [1.54, 1.807) is 12.1 Å². The lowest BCUT2D eigenvalue weighted by molar-refractivity contribution is 0.282. The zero-order valence-electron chi connectivity index (χ0n) is 11.8. The standard InChI is InChI=1S/C14H23FN2O/c1-10(2)16-9-13(17(3)4)11-6-7-14(18-5)12(15)8-11/h6-8,10,13,16H,9H2,1-5H3. The van der Waals surface area contributed by atoms with Gasteiger partial charge < -0.3 is 15.0 Å². The molecule has 0 bridgehead atoms. The molecule has 0 spiro atoms. The third-order valence-corrected chi connectivity index (χ3v) is 2.90. The number of likely N-dealkylation sites (N-methyl/N-ethyl adjacent to an activating group) is 1. The Morgan fingerprint density at radius 1 is 1.33 bits per heavy atom. The molecule has 0 aliphatic carbocycles. The summed E-state index contributed by atoms with van der Waals surface area (Å²) in [4.78, 5) is 2.08. The summed E-state index contributed by atoms with van der Waals surface area (Å²) < 4.78 is 18.6. The summed E-state index contributed by atoms with van der Waals surface area (Å²) in [6.45, 7) is 4.99. The van der Waals surface area contributed by atoms with Gasteiger partial charge in [-0.25, -0.2) is 4.39 Å². The highest BCUT2D eigenvalue weighted by Crippen LogP contribution is 2.24. The van der Waals surface area contributed by atoms with Crippen LogP contribution >= 0.6 is 0 Å². The van der Waals surface area contributed by atoms with Crippen LogP contribution < -0.4 is 10.1 Å². The summed E-state index contributed by atoms with van der Waals surface area (Å²) in [6, 6.07) is 5.69. The van der Waals surface area contributed by atoms with E-state index in [2.05, 4.69) is 24.1 Å². The van der Waals surface area contributed by atoms with Gasteiger partial charge in [0.1, 0.15) is 0 Å². The highest BCUT2D eigenvalue weighted by atomic mass is 19.1. The summed E-state index contributed by atoms with van der Waals surface area (Å²) in [5.74, 6) is -0.0283. The monoisotopic (exact) mass is 254 g/mol. The molecule has 0 fully saturated rings. The molecule has 1 unspecified atom stereocenters. The van der Waals surface area contributed by atoms with Crippen molar-refractivity contribution in [2.24, 2.45) is 0 Å². The minimum absolute atomic E-state index is 0.146. The summed E-state index contributed by atoms with van der Waals surface area (Å²) >= 11 is 0. The lowest BCUT2D eigenvalue weighted by Crippen LogP contribution is -2.34. The van der Waals surface area contributed by atoms with Crippen LogP contribution in [-0.2, 0) is 0 Å². The van der Waals surface area contributed by atoms with Crippen LogP contribution in [0.15, 0.2) is 18.2 Å². The van der Waals surface area contributed by atoms with Crippen LogP contribution in [-0.4, -0.2) is 38.7 Å². The maximum Gasteiger partial charge on any atom is 0.165 e. The Kier molecular flexibility index (Phi) is 5.56. The topological polar surface area (TPSA) is 24.5 Å². The number of rotatable bonds is 6. The fourth-order valence-corrected chi connectivity index (χ4v) is 1.84. The lowest BCUT2D eigenvalue weighted by Gasteiger charge is -2.26. The quantitative estimate of drug-likeness (QED) is 0.844. The third-order valence-electron chi connectivity index (χ3n) is 2.90. The molecule has 1 N–H and O–H groups in total. The maximum absolute atomic E-state index is 13.7. The fraction of sp³-hybridized carbons (Fsp3) is 0.571. The zero-order valence-corrected chi connectivity index (χ0v) is 11.8. The van der Waals surface area contributed by atoms with Crippen molar-refractivity contribution in [3.8, 4) is 5.75 Å². The molecular weight excluding hydrogens is 231 g/mol. The van der Waals surface area contributed by atoms with E-state index in [0.717, 1.165) is 12.1 Å². The minimum Gasteiger partial charge on any atom is -0.494 e. The number of methoxy groups -OCH3 is 1. The first-order chi connectivity index (χ1) is 8.45. The summed E-state index contributed by atoms with van der Waals surface area (Å²) in [5.41, 5.74) is 0.950. The maximum atomic E-state index is 13.7. The van der Waals surface area contributed by atoms with Gasteiger partial charge in [0.05, 0.1) is 7.11 Å². The van der Waals surface area contributed by atoms with E-state index in [9.17, 15) is 4.39 Å². The summed E-state index contributed by atoms with van der Waals surface area (Å²) in [6.07, 6.45) is 0. The molecule has 0 saturated heterocycles. The van der Waals surface area contributed by atoms with Crippen molar-refractivity contribution in [3.05, 3.63) is 29.6 Å². The van der Waals surface area contributed by atoms with Crippen molar-refractivity contribution in [3.63, 3.8) is 0 Å². The first-order valence-corrected chi connectivity index (χ1v) is 6.19. The van der Waals surface area contributed by atoms with Crippen molar-refractivity contribution >= 4 is 0 Å². The van der Waals surface area contributed by atoms with Gasteiger partial charge in [-0.2, -0.15) is 0 Å². The fourth-order valence-electron chi connectivity index (χ4n) is 1.84. The Labute approximate surface area is 109 Å². The van der Waals surface area contributed by atoms with Crippen LogP contribution in [0.2, 0.25) is 0 Å². The normalized spacial score (nSPS) is 13.1. The van der Waals surface area contributed by atoms with E-state index < -0.39 is 0 Å². The molecule has 0 amide bonds. The molecular formula is C14H23FN2O. The van der Waals surface area contributed by atoms with Gasteiger partial charge >= 0.3 is 0 Å². The van der Waals surface area contributed by atoms with Gasteiger partial charge in [-0.15, -0.1) is 0 Å². The first-order valence-electron chi connectivity index (χ1n) is 6.19. The van der Waals surface area contributed by atoms with E-state index in [-0.39, 0.29) is 17.6 Å². The summed E-state index contributed by atoms with van der Waals surface area (Å²) in [7, 11) is 5.46. The van der Waals surface area contributed by atoms with E-state index in [0.29, 0.717) is 6.04 Å². The summed E-state index contributed by atoms with van der Waals surface area (Å²) in [5, 5.41) is 3.38. The molecule has 1 atom stereocenters. The first kappa shape index (κ1) is 14.9.